The minimum Gasteiger partial charge on any atom is -0.495 e. The summed E-state index contributed by atoms with van der Waals surface area (Å²) in [5, 5.41) is 11.9. The van der Waals surface area contributed by atoms with Gasteiger partial charge in [0.2, 0.25) is 0 Å². The number of carboxylic acid groups (broad SMARTS) is 1. The van der Waals surface area contributed by atoms with Crippen LogP contribution in [0.15, 0.2) is 33.3 Å². The summed E-state index contributed by atoms with van der Waals surface area (Å²) in [5.41, 5.74) is 6.78. The highest BCUT2D eigenvalue weighted by atomic mass is 79.9. The molecule has 4 N–H and O–H groups in total. The van der Waals surface area contributed by atoms with Crippen LogP contribution >= 0.6 is 31.9 Å². The quantitative estimate of drug-likeness (QED) is 0.703. The second kappa shape index (κ2) is 6.31. The third-order valence-electron chi connectivity index (χ3n) is 2.66. The van der Waals surface area contributed by atoms with Crippen molar-refractivity contribution >= 4 is 55.0 Å². The number of carboxylic acids is 1. The summed E-state index contributed by atoms with van der Waals surface area (Å²) in [6, 6.07) is 4.94. The van der Waals surface area contributed by atoms with Gasteiger partial charge in [-0.25, -0.2) is 9.78 Å². The Morgan fingerprint density at radius 2 is 2.05 bits per heavy atom. The van der Waals surface area contributed by atoms with Gasteiger partial charge in [0.05, 0.1) is 28.5 Å². The van der Waals surface area contributed by atoms with Crippen LogP contribution in [0.3, 0.4) is 0 Å². The second-order valence-electron chi connectivity index (χ2n) is 4.06. The lowest BCUT2D eigenvalue weighted by Crippen LogP contribution is -2.04. The number of halogens is 2. The fourth-order valence-electron chi connectivity index (χ4n) is 1.61. The molecule has 0 radical (unpaired) electrons. The summed E-state index contributed by atoms with van der Waals surface area (Å²) in [6.45, 7) is 0. The van der Waals surface area contributed by atoms with Gasteiger partial charge in [0.1, 0.15) is 5.75 Å². The Kier molecular flexibility index (Phi) is 4.69. The first-order valence-electron chi connectivity index (χ1n) is 5.71. The lowest BCUT2D eigenvalue weighted by atomic mass is 10.2. The Morgan fingerprint density at radius 1 is 1.33 bits per heavy atom. The van der Waals surface area contributed by atoms with Gasteiger partial charge >= 0.3 is 5.97 Å². The van der Waals surface area contributed by atoms with Crippen molar-refractivity contribution in [1.29, 1.82) is 0 Å². The van der Waals surface area contributed by atoms with Gasteiger partial charge in [0.25, 0.3) is 0 Å². The van der Waals surface area contributed by atoms with Crippen LogP contribution in [0.1, 0.15) is 10.4 Å². The zero-order valence-corrected chi connectivity index (χ0v) is 14.0. The maximum atomic E-state index is 10.9. The van der Waals surface area contributed by atoms with Crippen LogP contribution in [0.25, 0.3) is 0 Å². The molecule has 0 unspecified atom stereocenters. The lowest BCUT2D eigenvalue weighted by Gasteiger charge is -2.13. The molecule has 1 aromatic heterocycles. The molecule has 6 nitrogen and oxygen atoms in total. The number of nitrogen functional groups attached to an aromatic ring is 1. The molecule has 8 heteroatoms. The van der Waals surface area contributed by atoms with Crippen LogP contribution in [0.4, 0.5) is 17.2 Å². The van der Waals surface area contributed by atoms with E-state index in [0.29, 0.717) is 17.3 Å². The Morgan fingerprint density at radius 3 is 2.62 bits per heavy atom. The summed E-state index contributed by atoms with van der Waals surface area (Å²) in [4.78, 5) is 14.9. The number of aromatic carboxylic acids is 1. The van der Waals surface area contributed by atoms with E-state index in [1.54, 1.807) is 13.2 Å². The van der Waals surface area contributed by atoms with Gasteiger partial charge in [-0.1, -0.05) is 0 Å². The molecular weight excluding hydrogens is 406 g/mol. The maximum absolute atomic E-state index is 10.9. The van der Waals surface area contributed by atoms with E-state index in [0.717, 1.165) is 8.95 Å². The van der Waals surface area contributed by atoms with Gasteiger partial charge in [0, 0.05) is 16.7 Å². The number of anilines is 3. The van der Waals surface area contributed by atoms with Crippen molar-refractivity contribution in [2.24, 2.45) is 0 Å². The van der Waals surface area contributed by atoms with Crippen molar-refractivity contribution in [3.63, 3.8) is 0 Å². The van der Waals surface area contributed by atoms with E-state index in [1.165, 1.54) is 12.3 Å². The molecule has 1 heterocycles. The maximum Gasteiger partial charge on any atom is 0.337 e. The minimum atomic E-state index is -1.08. The van der Waals surface area contributed by atoms with Gasteiger partial charge in [-0.3, -0.25) is 0 Å². The Bertz CT molecular complexity index is 707. The molecule has 0 fully saturated rings. The second-order valence-corrected chi connectivity index (χ2v) is 5.77. The van der Waals surface area contributed by atoms with Gasteiger partial charge in [0.15, 0.2) is 5.82 Å². The highest BCUT2D eigenvalue weighted by Gasteiger charge is 2.11. The average Bonchev–Trinajstić information content (AvgIpc) is 2.43. The number of nitrogens with two attached hydrogens (primary N) is 1. The summed E-state index contributed by atoms with van der Waals surface area (Å²) < 4.78 is 6.79. The van der Waals surface area contributed by atoms with Crippen LogP contribution in [0.2, 0.25) is 0 Å². The Hall–Kier alpha value is -1.80. The molecule has 0 aliphatic heterocycles. The summed E-state index contributed by atoms with van der Waals surface area (Å²) in [6.07, 6.45) is 1.24. The van der Waals surface area contributed by atoms with E-state index < -0.39 is 5.97 Å². The van der Waals surface area contributed by atoms with Crippen molar-refractivity contribution in [2.75, 3.05) is 18.2 Å². The number of hydrogen-bond donors (Lipinski definition) is 3. The molecule has 1 aromatic carbocycles. The standard InChI is InChI=1S/C13H11Br2N3O3/c1-21-11-4-10(7(14)3-8(11)15)18-12-9(16)2-6(5-17-12)13(19)20/h2-5H,16H2,1H3,(H,17,18)(H,19,20). The highest BCUT2D eigenvalue weighted by molar-refractivity contribution is 9.11. The molecule has 0 saturated heterocycles. The average molecular weight is 417 g/mol. The van der Waals surface area contributed by atoms with E-state index in [9.17, 15) is 4.79 Å². The number of aromatic nitrogens is 1. The molecule has 0 aliphatic rings. The third-order valence-corrected chi connectivity index (χ3v) is 3.93. The van der Waals surface area contributed by atoms with E-state index in [4.69, 9.17) is 15.6 Å². The summed E-state index contributed by atoms with van der Waals surface area (Å²) in [5.74, 6) is -0.0706. The van der Waals surface area contributed by atoms with E-state index in [1.807, 2.05) is 6.07 Å². The van der Waals surface area contributed by atoms with Crippen molar-refractivity contribution < 1.29 is 14.6 Å². The summed E-state index contributed by atoms with van der Waals surface area (Å²) >= 11 is 6.80. The largest absolute Gasteiger partial charge is 0.495 e. The van der Waals surface area contributed by atoms with Gasteiger partial charge in [-0.2, -0.15) is 0 Å². The Labute approximate surface area is 137 Å². The van der Waals surface area contributed by atoms with Crippen LogP contribution in [-0.4, -0.2) is 23.2 Å². The van der Waals surface area contributed by atoms with Gasteiger partial charge < -0.3 is 20.9 Å². The van der Waals surface area contributed by atoms with Crippen molar-refractivity contribution in [3.05, 3.63) is 38.9 Å². The molecule has 0 bridgehead atoms. The number of ether oxygens (including phenoxy) is 1. The number of carbonyl (C=O) groups is 1. The first-order chi connectivity index (χ1) is 9.92. The summed E-state index contributed by atoms with van der Waals surface area (Å²) in [7, 11) is 1.56. The number of nitrogens with one attached hydrogen (secondary N) is 1. The number of nitrogens with zero attached hydrogens (tertiary/aromatic N) is 1. The number of pyridine rings is 1. The van der Waals surface area contributed by atoms with E-state index >= 15 is 0 Å². The number of methoxy groups -OCH3 is 1. The van der Waals surface area contributed by atoms with Crippen LogP contribution in [-0.2, 0) is 0 Å². The number of rotatable bonds is 4. The SMILES string of the molecule is COc1cc(Nc2ncc(C(=O)O)cc2N)c(Br)cc1Br. The molecule has 21 heavy (non-hydrogen) atoms. The molecule has 2 aromatic rings. The zero-order valence-electron chi connectivity index (χ0n) is 10.9. The Balaban J connectivity index is 2.36. The van der Waals surface area contributed by atoms with Gasteiger partial charge in [-0.05, 0) is 44.0 Å². The van der Waals surface area contributed by atoms with Crippen molar-refractivity contribution in [3.8, 4) is 5.75 Å². The minimum absolute atomic E-state index is 0.0329. The number of benzene rings is 1. The molecule has 110 valence electrons. The van der Waals surface area contributed by atoms with E-state index in [2.05, 4.69) is 42.2 Å². The van der Waals surface area contributed by atoms with Crippen molar-refractivity contribution in [1.82, 2.24) is 4.98 Å². The molecule has 0 spiro atoms. The highest BCUT2D eigenvalue weighted by Crippen LogP contribution is 2.36. The topological polar surface area (TPSA) is 97.5 Å². The first-order valence-corrected chi connectivity index (χ1v) is 7.30. The zero-order chi connectivity index (χ0) is 15.6. The van der Waals surface area contributed by atoms with Gasteiger partial charge in [-0.15, -0.1) is 0 Å². The molecule has 2 rings (SSSR count). The predicted molar refractivity (Wildman–Crippen MR) is 87.3 cm³/mol. The molecule has 0 aliphatic carbocycles. The predicted octanol–water partition coefficient (Wildman–Crippen LogP) is 3.64. The lowest BCUT2D eigenvalue weighted by molar-refractivity contribution is 0.0696. The molecule has 0 saturated carbocycles. The van der Waals surface area contributed by atoms with Crippen LogP contribution in [0.5, 0.6) is 5.75 Å². The molecular formula is C13H11Br2N3O3. The fourth-order valence-corrected chi connectivity index (χ4v) is 2.87. The van der Waals surface area contributed by atoms with Crippen LogP contribution < -0.4 is 15.8 Å². The first kappa shape index (κ1) is 15.6. The monoisotopic (exact) mass is 415 g/mol. The number of hydrogen-bond acceptors (Lipinski definition) is 5. The smallest absolute Gasteiger partial charge is 0.337 e. The van der Waals surface area contributed by atoms with Crippen LogP contribution in [0, 0.1) is 0 Å². The van der Waals surface area contributed by atoms with Crippen molar-refractivity contribution in [2.45, 2.75) is 0 Å². The third kappa shape index (κ3) is 3.45. The van der Waals surface area contributed by atoms with E-state index in [-0.39, 0.29) is 11.3 Å². The molecule has 0 atom stereocenters. The molecule has 0 amide bonds. The fraction of sp³-hybridized carbons (Fsp3) is 0.0769. The normalized spacial score (nSPS) is 10.2.